The molecule has 1 heterocycles. The maximum Gasteiger partial charge on any atom is 0.241 e. The minimum Gasteiger partial charge on any atom is -0.376 e. The first-order valence-corrected chi connectivity index (χ1v) is 10.4. The van der Waals surface area contributed by atoms with Crippen molar-refractivity contribution in [2.45, 2.75) is 45.1 Å². The Bertz CT molecular complexity index is 791. The van der Waals surface area contributed by atoms with Gasteiger partial charge in [0.05, 0.1) is 18.5 Å². The summed E-state index contributed by atoms with van der Waals surface area (Å²) in [6, 6.07) is 9.24. The van der Waals surface area contributed by atoms with E-state index >= 15 is 0 Å². The van der Waals surface area contributed by atoms with E-state index in [-0.39, 0.29) is 30.0 Å². The lowest BCUT2D eigenvalue weighted by atomic mass is 9.69. The molecule has 1 aromatic carbocycles. The molecular weight excluding hydrogens is 354 g/mol. The van der Waals surface area contributed by atoms with Gasteiger partial charge in [-0.25, -0.2) is 12.7 Å². The lowest BCUT2D eigenvalue weighted by molar-refractivity contribution is -0.130. The molecule has 1 amide bonds. The van der Waals surface area contributed by atoms with Crippen molar-refractivity contribution in [2.75, 3.05) is 6.61 Å². The van der Waals surface area contributed by atoms with Crippen LogP contribution in [0.15, 0.2) is 30.3 Å². The van der Waals surface area contributed by atoms with Gasteiger partial charge in [0.15, 0.2) is 0 Å². The normalized spacial score (nSPS) is 33.1. The third kappa shape index (κ3) is 3.18. The maximum atomic E-state index is 12.8. The summed E-state index contributed by atoms with van der Waals surface area (Å²) in [7, 11) is -3.80. The van der Waals surface area contributed by atoms with Gasteiger partial charge >= 0.3 is 0 Å². The fourth-order valence-electron chi connectivity index (χ4n) is 4.48. The number of benzene rings is 1. The third-order valence-corrected chi connectivity index (χ3v) is 8.18. The quantitative estimate of drug-likeness (QED) is 0.799. The molecule has 5 atom stereocenters. The minimum atomic E-state index is -3.80. The van der Waals surface area contributed by atoms with Crippen LogP contribution < -0.4 is 0 Å². The summed E-state index contributed by atoms with van der Waals surface area (Å²) in [6.07, 6.45) is -0.0164. The van der Waals surface area contributed by atoms with E-state index in [4.69, 9.17) is 4.74 Å². The maximum absolute atomic E-state index is 12.8. The molecule has 26 heavy (non-hydrogen) atoms. The topological polar surface area (TPSA) is 80.8 Å². The van der Waals surface area contributed by atoms with Crippen LogP contribution in [0.3, 0.4) is 0 Å². The van der Waals surface area contributed by atoms with Gasteiger partial charge in [-0.1, -0.05) is 37.3 Å². The smallest absolute Gasteiger partial charge is 0.241 e. The van der Waals surface area contributed by atoms with E-state index in [2.05, 4.69) is 0 Å². The number of ketones is 1. The first-order valence-electron chi connectivity index (χ1n) is 8.93. The molecule has 0 N–H and O–H groups in total. The highest BCUT2D eigenvalue weighted by Gasteiger charge is 2.59. The molecule has 2 fully saturated rings. The lowest BCUT2D eigenvalue weighted by Crippen LogP contribution is -2.46. The molecule has 6 nitrogen and oxygen atoms in total. The van der Waals surface area contributed by atoms with Crippen molar-refractivity contribution in [3.63, 3.8) is 0 Å². The van der Waals surface area contributed by atoms with Gasteiger partial charge in [0.2, 0.25) is 15.9 Å². The van der Waals surface area contributed by atoms with Crippen molar-refractivity contribution in [2.24, 2.45) is 17.8 Å². The minimum absolute atomic E-state index is 0.0164. The van der Waals surface area contributed by atoms with E-state index in [1.165, 1.54) is 6.92 Å². The van der Waals surface area contributed by atoms with Crippen LogP contribution in [0.4, 0.5) is 0 Å². The van der Waals surface area contributed by atoms with Crippen LogP contribution in [0.2, 0.25) is 0 Å². The molecule has 142 valence electrons. The summed E-state index contributed by atoms with van der Waals surface area (Å²) in [5, 5.41) is -0.824. The van der Waals surface area contributed by atoms with Crippen LogP contribution in [0, 0.1) is 17.8 Å². The zero-order valence-corrected chi connectivity index (χ0v) is 16.1. The Hall–Kier alpha value is -1.73. The van der Waals surface area contributed by atoms with Crippen LogP contribution in [-0.2, 0) is 31.0 Å². The number of hydrogen-bond donors (Lipinski definition) is 0. The number of sulfonamides is 1. The highest BCUT2D eigenvalue weighted by Crippen LogP contribution is 2.46. The van der Waals surface area contributed by atoms with Crippen LogP contribution in [0.1, 0.15) is 32.8 Å². The zero-order valence-electron chi connectivity index (χ0n) is 15.3. The number of hydrogen-bond acceptors (Lipinski definition) is 5. The second kappa shape index (κ2) is 7.12. The highest BCUT2D eigenvalue weighted by molar-refractivity contribution is 7.90. The van der Waals surface area contributed by atoms with Gasteiger partial charge in [0.1, 0.15) is 5.78 Å². The Morgan fingerprint density at radius 1 is 1.23 bits per heavy atom. The fourth-order valence-corrected chi connectivity index (χ4v) is 6.94. The Morgan fingerprint density at radius 3 is 2.50 bits per heavy atom. The largest absolute Gasteiger partial charge is 0.376 e. The van der Waals surface area contributed by atoms with Gasteiger partial charge in [0, 0.05) is 31.2 Å². The molecule has 0 spiro atoms. The second-order valence-electron chi connectivity index (χ2n) is 7.34. The summed E-state index contributed by atoms with van der Waals surface area (Å²) in [5.41, 5.74) is 1.02. The van der Waals surface area contributed by atoms with Gasteiger partial charge in [-0.15, -0.1) is 0 Å². The zero-order chi connectivity index (χ0) is 19.1. The molecule has 0 bridgehead atoms. The van der Waals surface area contributed by atoms with Gasteiger partial charge in [-0.2, -0.15) is 0 Å². The molecule has 1 aliphatic carbocycles. The van der Waals surface area contributed by atoms with Crippen molar-refractivity contribution >= 4 is 21.7 Å². The molecule has 1 saturated heterocycles. The van der Waals surface area contributed by atoms with Gasteiger partial charge in [-0.3, -0.25) is 9.59 Å². The molecular formula is C19H25NO5S. The summed E-state index contributed by atoms with van der Waals surface area (Å²) in [5.74, 6) is -1.35. The molecule has 1 aliphatic heterocycles. The van der Waals surface area contributed by atoms with Crippen molar-refractivity contribution in [3.05, 3.63) is 35.9 Å². The number of Topliss-reactive ketones (excluding diaryl/α,β-unsaturated/α-hetero) is 1. The van der Waals surface area contributed by atoms with Crippen molar-refractivity contribution in [1.29, 1.82) is 0 Å². The third-order valence-electron chi connectivity index (χ3n) is 5.79. The summed E-state index contributed by atoms with van der Waals surface area (Å²) in [6.45, 7) is 5.57. The van der Waals surface area contributed by atoms with Crippen molar-refractivity contribution < 1.29 is 22.7 Å². The monoisotopic (exact) mass is 379 g/mol. The number of ether oxygens (including phenoxy) is 1. The first kappa shape index (κ1) is 19.0. The van der Waals surface area contributed by atoms with E-state index in [0.29, 0.717) is 13.2 Å². The average Bonchev–Trinajstić information content (AvgIpc) is 2.77. The van der Waals surface area contributed by atoms with Crippen molar-refractivity contribution in [1.82, 2.24) is 4.31 Å². The van der Waals surface area contributed by atoms with E-state index in [0.717, 1.165) is 9.87 Å². The summed E-state index contributed by atoms with van der Waals surface area (Å²) >= 11 is 0. The van der Waals surface area contributed by atoms with Crippen LogP contribution in [0.5, 0.6) is 0 Å². The van der Waals surface area contributed by atoms with Gasteiger partial charge in [-0.05, 0) is 18.4 Å². The van der Waals surface area contributed by atoms with E-state index in [1.54, 1.807) is 6.92 Å². The molecule has 7 heteroatoms. The van der Waals surface area contributed by atoms with E-state index in [9.17, 15) is 18.0 Å². The molecule has 0 aromatic heterocycles. The number of carbonyl (C=O) groups excluding carboxylic acids is 2. The molecule has 1 aromatic rings. The predicted octanol–water partition coefficient (Wildman–Crippen LogP) is 1.99. The fraction of sp³-hybridized carbons (Fsp3) is 0.579. The molecule has 0 unspecified atom stereocenters. The van der Waals surface area contributed by atoms with Crippen LogP contribution in [-0.4, -0.2) is 42.3 Å². The van der Waals surface area contributed by atoms with E-state index < -0.39 is 27.2 Å². The van der Waals surface area contributed by atoms with E-state index in [1.807, 2.05) is 37.3 Å². The standard InChI is InChI=1S/C19H25NO5S/c1-12-16(11-25-10-15-7-5-4-6-8-15)19-13(2)20(14(3)21)26(23,24)18(19)9-17(12)22/h4-8,12-13,16,18-19H,9-11H2,1-3H3/t12-,13+,16-,18+,19-/m0/s1. The number of fused-ring (bicyclic) bond motifs is 1. The highest BCUT2D eigenvalue weighted by atomic mass is 32.2. The van der Waals surface area contributed by atoms with Gasteiger partial charge in [0.25, 0.3) is 0 Å². The molecule has 2 aliphatic rings. The molecule has 0 radical (unpaired) electrons. The number of nitrogens with zero attached hydrogens (tertiary/aromatic N) is 1. The summed E-state index contributed by atoms with van der Waals surface area (Å²) in [4.78, 5) is 24.3. The van der Waals surface area contributed by atoms with Crippen molar-refractivity contribution in [3.8, 4) is 0 Å². The second-order valence-corrected chi connectivity index (χ2v) is 9.37. The lowest BCUT2D eigenvalue weighted by Gasteiger charge is -2.37. The van der Waals surface area contributed by atoms with Crippen LogP contribution >= 0.6 is 0 Å². The Balaban J connectivity index is 1.81. The predicted molar refractivity (Wildman–Crippen MR) is 96.6 cm³/mol. The average molecular weight is 379 g/mol. The molecule has 3 rings (SSSR count). The summed E-state index contributed by atoms with van der Waals surface area (Å²) < 4.78 is 32.4. The van der Waals surface area contributed by atoms with Crippen LogP contribution in [0.25, 0.3) is 0 Å². The first-order chi connectivity index (χ1) is 12.2. The number of carbonyl (C=O) groups is 2. The Morgan fingerprint density at radius 2 is 1.88 bits per heavy atom. The Kier molecular flexibility index (Phi) is 5.21. The number of rotatable bonds is 4. The van der Waals surface area contributed by atoms with Gasteiger partial charge < -0.3 is 4.74 Å². The molecule has 1 saturated carbocycles. The Labute approximate surface area is 154 Å². The number of amides is 1. The SMILES string of the molecule is CC(=O)N1[C@H](C)[C@H]2[C@@H](COCc3ccccc3)[C@H](C)C(=O)C[C@H]2S1(=O)=O.